The second kappa shape index (κ2) is 8.29. The van der Waals surface area contributed by atoms with Gasteiger partial charge in [0.1, 0.15) is 0 Å². The van der Waals surface area contributed by atoms with Crippen LogP contribution in [0.2, 0.25) is 0 Å². The largest absolute Gasteiger partial charge is 0.336 e. The number of H-pyrrole nitrogens is 1. The average molecular weight is 408 g/mol. The molecule has 0 spiro atoms. The van der Waals surface area contributed by atoms with Crippen LogP contribution in [0.1, 0.15) is 37.8 Å². The third-order valence-corrected chi connectivity index (χ3v) is 5.86. The van der Waals surface area contributed by atoms with E-state index in [1.54, 1.807) is 31.2 Å². The minimum atomic E-state index is -4.47. The molecule has 0 saturated heterocycles. The number of aromatic nitrogens is 2. The minimum absolute atomic E-state index is 0.189. The van der Waals surface area contributed by atoms with Crippen LogP contribution in [0.5, 0.6) is 0 Å². The van der Waals surface area contributed by atoms with Crippen LogP contribution in [-0.2, 0) is 15.1 Å². The van der Waals surface area contributed by atoms with Gasteiger partial charge >= 0.3 is 10.3 Å². The Morgan fingerprint density at radius 1 is 1.25 bits per heavy atom. The highest BCUT2D eigenvalue weighted by Gasteiger charge is 2.31. The number of rotatable bonds is 6. The Morgan fingerprint density at radius 2 is 1.89 bits per heavy atom. The monoisotopic (exact) mass is 408 g/mol. The number of aromatic amines is 1. The van der Waals surface area contributed by atoms with Crippen molar-refractivity contribution in [3.8, 4) is 5.69 Å². The Kier molecular flexibility index (Phi) is 6.01. The first-order valence-corrected chi connectivity index (χ1v) is 10.6. The number of benzene rings is 1. The molecule has 152 valence electrons. The lowest BCUT2D eigenvalue weighted by atomic mass is 9.95. The fraction of sp³-hybridized carbons (Fsp3) is 0.444. The van der Waals surface area contributed by atoms with E-state index >= 15 is 0 Å². The number of hydrogen-bond acceptors (Lipinski definition) is 4. The molecule has 1 aromatic heterocycles. The quantitative estimate of drug-likeness (QED) is 0.629. The fourth-order valence-electron chi connectivity index (χ4n) is 3.51. The molecule has 0 bridgehead atoms. The second-order valence-electron chi connectivity index (χ2n) is 7.02. The molecular formula is C18H24N4O5S. The van der Waals surface area contributed by atoms with Gasteiger partial charge in [-0.2, -0.15) is 12.7 Å². The maximum absolute atomic E-state index is 12.3. The summed E-state index contributed by atoms with van der Waals surface area (Å²) in [5.74, 6) is -0.538. The van der Waals surface area contributed by atoms with Crippen molar-refractivity contribution < 1.29 is 17.8 Å². The van der Waals surface area contributed by atoms with Gasteiger partial charge in [-0.05, 0) is 44.0 Å². The van der Waals surface area contributed by atoms with Crippen LogP contribution in [0, 0.1) is 6.92 Å². The summed E-state index contributed by atoms with van der Waals surface area (Å²) in [6.45, 7) is 1.33. The normalized spacial score (nSPS) is 15.7. The highest BCUT2D eigenvalue weighted by atomic mass is 32.2. The summed E-state index contributed by atoms with van der Waals surface area (Å²) < 4.78 is 35.2. The molecule has 0 radical (unpaired) electrons. The van der Waals surface area contributed by atoms with Crippen LogP contribution < -0.4 is 10.9 Å². The molecular weight excluding hydrogens is 384 g/mol. The van der Waals surface area contributed by atoms with Gasteiger partial charge in [0.2, 0.25) is 5.91 Å². The van der Waals surface area contributed by atoms with Gasteiger partial charge in [-0.1, -0.05) is 19.3 Å². The van der Waals surface area contributed by atoms with E-state index in [1.807, 2.05) is 0 Å². The van der Waals surface area contributed by atoms with Crippen LogP contribution >= 0.6 is 0 Å². The SMILES string of the molecule is Cc1cc(=O)n(-c2ccc(NC(=O)CN(C3CCCCC3)S(=O)(=O)O)cc2)[nH]1. The molecule has 1 heterocycles. The van der Waals surface area contributed by atoms with Gasteiger partial charge in [-0.25, -0.2) is 4.68 Å². The number of carbonyl (C=O) groups excluding carboxylic acids is 1. The van der Waals surface area contributed by atoms with E-state index in [0.717, 1.165) is 29.3 Å². The Labute approximate surface area is 163 Å². The molecule has 2 aromatic rings. The number of nitrogens with one attached hydrogen (secondary N) is 2. The molecule has 0 unspecified atom stereocenters. The van der Waals surface area contributed by atoms with E-state index in [1.165, 1.54) is 10.7 Å². The Bertz CT molecular complexity index is 988. The van der Waals surface area contributed by atoms with Gasteiger partial charge in [0.05, 0.1) is 12.2 Å². The Hall–Kier alpha value is -2.43. The van der Waals surface area contributed by atoms with E-state index in [9.17, 15) is 22.6 Å². The summed E-state index contributed by atoms with van der Waals surface area (Å²) in [5.41, 5.74) is 1.61. The molecule has 1 aliphatic carbocycles. The maximum atomic E-state index is 12.3. The first-order valence-electron chi connectivity index (χ1n) is 9.17. The first kappa shape index (κ1) is 20.3. The van der Waals surface area contributed by atoms with E-state index < -0.39 is 22.8 Å². The Morgan fingerprint density at radius 3 is 2.43 bits per heavy atom. The topological polar surface area (TPSA) is 124 Å². The number of anilines is 1. The highest BCUT2D eigenvalue weighted by molar-refractivity contribution is 7.83. The lowest BCUT2D eigenvalue weighted by molar-refractivity contribution is -0.116. The first-order chi connectivity index (χ1) is 13.2. The van der Waals surface area contributed by atoms with Crippen molar-refractivity contribution in [3.05, 3.63) is 46.4 Å². The lowest BCUT2D eigenvalue weighted by Crippen LogP contribution is -2.45. The summed E-state index contributed by atoms with van der Waals surface area (Å²) >= 11 is 0. The lowest BCUT2D eigenvalue weighted by Gasteiger charge is -2.30. The van der Waals surface area contributed by atoms with Crippen molar-refractivity contribution in [2.75, 3.05) is 11.9 Å². The van der Waals surface area contributed by atoms with Gasteiger partial charge in [0, 0.05) is 23.5 Å². The predicted molar refractivity (Wildman–Crippen MR) is 105 cm³/mol. The zero-order chi connectivity index (χ0) is 20.3. The number of carbonyl (C=O) groups is 1. The van der Waals surface area contributed by atoms with Crippen molar-refractivity contribution >= 4 is 21.9 Å². The van der Waals surface area contributed by atoms with Crippen LogP contribution in [0.15, 0.2) is 35.1 Å². The van der Waals surface area contributed by atoms with Crippen molar-refractivity contribution in [2.45, 2.75) is 45.1 Å². The minimum Gasteiger partial charge on any atom is -0.325 e. The highest BCUT2D eigenvalue weighted by Crippen LogP contribution is 2.24. The predicted octanol–water partition coefficient (Wildman–Crippen LogP) is 1.85. The maximum Gasteiger partial charge on any atom is 0.336 e. The molecule has 0 atom stereocenters. The van der Waals surface area contributed by atoms with Crippen LogP contribution in [-0.4, -0.2) is 45.6 Å². The van der Waals surface area contributed by atoms with E-state index in [2.05, 4.69) is 10.4 Å². The second-order valence-corrected chi connectivity index (χ2v) is 8.39. The fourth-order valence-corrected chi connectivity index (χ4v) is 4.38. The average Bonchev–Trinajstić information content (AvgIpc) is 2.98. The molecule has 9 nitrogen and oxygen atoms in total. The third-order valence-electron chi connectivity index (χ3n) is 4.84. The number of nitrogens with zero attached hydrogens (tertiary/aromatic N) is 2. The van der Waals surface area contributed by atoms with Gasteiger partial charge in [-0.3, -0.25) is 19.2 Å². The van der Waals surface area contributed by atoms with E-state index in [-0.39, 0.29) is 11.6 Å². The van der Waals surface area contributed by atoms with Crippen molar-refractivity contribution in [2.24, 2.45) is 0 Å². The molecule has 1 amide bonds. The summed E-state index contributed by atoms with van der Waals surface area (Å²) in [4.78, 5) is 24.2. The number of aryl methyl sites for hydroxylation is 1. The van der Waals surface area contributed by atoms with Gasteiger partial charge in [-0.15, -0.1) is 0 Å². The van der Waals surface area contributed by atoms with E-state index in [0.29, 0.717) is 24.2 Å². The molecule has 28 heavy (non-hydrogen) atoms. The molecule has 1 saturated carbocycles. The molecule has 0 aliphatic heterocycles. The van der Waals surface area contributed by atoms with Crippen LogP contribution in [0.3, 0.4) is 0 Å². The zero-order valence-electron chi connectivity index (χ0n) is 15.6. The smallest absolute Gasteiger partial charge is 0.325 e. The molecule has 10 heteroatoms. The third kappa shape index (κ3) is 4.89. The molecule has 1 aliphatic rings. The molecule has 3 rings (SSSR count). The van der Waals surface area contributed by atoms with Crippen molar-refractivity contribution in [1.29, 1.82) is 0 Å². The molecule has 1 fully saturated rings. The molecule has 1 aromatic carbocycles. The molecule has 3 N–H and O–H groups in total. The number of amides is 1. The standard InChI is InChI=1S/C18H24N4O5S/c1-13-11-18(24)22(20-13)16-9-7-14(8-10-16)19-17(23)12-21(28(25,26)27)15-5-3-2-4-6-15/h7-11,15,20H,2-6,12H2,1H3,(H,19,23)(H,25,26,27). The zero-order valence-corrected chi connectivity index (χ0v) is 16.4. The Balaban J connectivity index is 1.68. The summed E-state index contributed by atoms with van der Waals surface area (Å²) in [6.07, 6.45) is 4.03. The number of hydrogen-bond donors (Lipinski definition) is 3. The summed E-state index contributed by atoms with van der Waals surface area (Å²) in [6, 6.07) is 7.68. The van der Waals surface area contributed by atoms with Crippen molar-refractivity contribution in [3.63, 3.8) is 0 Å². The van der Waals surface area contributed by atoms with Gasteiger partial charge in [0.15, 0.2) is 0 Å². The van der Waals surface area contributed by atoms with Crippen molar-refractivity contribution in [1.82, 2.24) is 14.1 Å². The summed E-state index contributed by atoms with van der Waals surface area (Å²) in [5, 5.41) is 5.54. The summed E-state index contributed by atoms with van der Waals surface area (Å²) in [7, 11) is -4.47. The van der Waals surface area contributed by atoms with Crippen LogP contribution in [0.4, 0.5) is 5.69 Å². The van der Waals surface area contributed by atoms with Gasteiger partial charge < -0.3 is 5.32 Å². The van der Waals surface area contributed by atoms with E-state index in [4.69, 9.17) is 0 Å². The van der Waals surface area contributed by atoms with Crippen LogP contribution in [0.25, 0.3) is 5.69 Å². The van der Waals surface area contributed by atoms with Gasteiger partial charge in [0.25, 0.3) is 5.56 Å².